The molecule has 1 aliphatic heterocycles. The number of rotatable bonds is 5. The molecule has 6 nitrogen and oxygen atoms in total. The average Bonchev–Trinajstić information content (AvgIpc) is 3.15. The second-order valence-corrected chi connectivity index (χ2v) is 8.71. The fourth-order valence-corrected chi connectivity index (χ4v) is 4.96. The number of nitrogens with zero attached hydrogens (tertiary/aromatic N) is 1. The third-order valence-electron chi connectivity index (χ3n) is 6.62. The summed E-state index contributed by atoms with van der Waals surface area (Å²) in [6.45, 7) is 0. The molecule has 1 N–H and O–H groups in total. The van der Waals surface area contributed by atoms with Crippen LogP contribution >= 0.6 is 0 Å². The minimum Gasteiger partial charge on any atom is -0.465 e. The number of carbonyl (C=O) groups is 3. The fraction of sp³-hybridized carbons (Fsp3) is 0.250. The van der Waals surface area contributed by atoms with Crippen LogP contribution in [-0.4, -0.2) is 30.9 Å². The van der Waals surface area contributed by atoms with Gasteiger partial charge in [-0.3, -0.25) is 9.59 Å². The molecular formula is C28H26N2O4. The Bertz CT molecular complexity index is 1250. The van der Waals surface area contributed by atoms with Crippen molar-refractivity contribution in [1.29, 1.82) is 0 Å². The van der Waals surface area contributed by atoms with E-state index in [0.717, 1.165) is 36.1 Å². The molecule has 2 amide bonds. The summed E-state index contributed by atoms with van der Waals surface area (Å²) in [5.41, 5.74) is 3.07. The van der Waals surface area contributed by atoms with Gasteiger partial charge in [0.2, 0.25) is 0 Å². The summed E-state index contributed by atoms with van der Waals surface area (Å²) in [5.74, 6) is -1.60. The van der Waals surface area contributed by atoms with Crippen molar-refractivity contribution in [2.24, 2.45) is 0 Å². The van der Waals surface area contributed by atoms with E-state index in [4.69, 9.17) is 4.74 Å². The van der Waals surface area contributed by atoms with Gasteiger partial charge in [0.05, 0.1) is 35.2 Å². The molecule has 1 heterocycles. The first kappa shape index (κ1) is 21.9. The molecule has 1 fully saturated rings. The van der Waals surface area contributed by atoms with Crippen LogP contribution in [0.15, 0.2) is 66.7 Å². The maximum Gasteiger partial charge on any atom is 0.338 e. The van der Waals surface area contributed by atoms with Crippen LogP contribution in [0, 0.1) is 0 Å². The van der Waals surface area contributed by atoms with Gasteiger partial charge in [-0.2, -0.15) is 0 Å². The second-order valence-electron chi connectivity index (χ2n) is 8.71. The summed E-state index contributed by atoms with van der Waals surface area (Å²) >= 11 is 0. The number of hydrogen-bond donors (Lipinski definition) is 1. The largest absolute Gasteiger partial charge is 0.465 e. The first-order valence-electron chi connectivity index (χ1n) is 11.6. The molecule has 1 aliphatic carbocycles. The number of para-hydroxylation sites is 1. The zero-order chi connectivity index (χ0) is 23.7. The normalized spacial score (nSPS) is 15.9. The molecule has 1 saturated carbocycles. The molecule has 2 aliphatic rings. The highest BCUT2D eigenvalue weighted by Gasteiger charge is 2.43. The number of nitrogens with one attached hydrogen (secondary N) is 1. The molecule has 0 bridgehead atoms. The minimum atomic E-state index is -0.645. The Morgan fingerprint density at radius 2 is 1.50 bits per heavy atom. The molecule has 0 spiro atoms. The highest BCUT2D eigenvalue weighted by Crippen LogP contribution is 2.42. The van der Waals surface area contributed by atoms with Crippen LogP contribution in [-0.2, 0) is 4.74 Å². The van der Waals surface area contributed by atoms with Crippen molar-refractivity contribution in [2.75, 3.05) is 17.3 Å². The van der Waals surface area contributed by atoms with Gasteiger partial charge >= 0.3 is 5.97 Å². The van der Waals surface area contributed by atoms with Gasteiger partial charge < -0.3 is 10.1 Å². The van der Waals surface area contributed by atoms with E-state index in [-0.39, 0.29) is 22.7 Å². The van der Waals surface area contributed by atoms with E-state index in [9.17, 15) is 14.4 Å². The second kappa shape index (κ2) is 9.14. The van der Waals surface area contributed by atoms with Gasteiger partial charge in [0.1, 0.15) is 0 Å². The van der Waals surface area contributed by atoms with E-state index in [0.29, 0.717) is 16.9 Å². The van der Waals surface area contributed by atoms with Gasteiger partial charge in [0.15, 0.2) is 0 Å². The molecule has 0 unspecified atom stereocenters. The van der Waals surface area contributed by atoms with Crippen molar-refractivity contribution in [3.05, 3.63) is 83.4 Å². The Morgan fingerprint density at radius 1 is 0.882 bits per heavy atom. The van der Waals surface area contributed by atoms with Crippen LogP contribution in [0.1, 0.15) is 63.2 Å². The van der Waals surface area contributed by atoms with E-state index in [1.807, 2.05) is 36.4 Å². The summed E-state index contributed by atoms with van der Waals surface area (Å²) in [4.78, 5) is 41.4. The van der Waals surface area contributed by atoms with Crippen molar-refractivity contribution in [2.45, 2.75) is 38.1 Å². The summed E-state index contributed by atoms with van der Waals surface area (Å²) in [6, 6.07) is 20.3. The topological polar surface area (TPSA) is 75.7 Å². The number of fused-ring (bicyclic) bond motifs is 1. The lowest BCUT2D eigenvalue weighted by Gasteiger charge is -2.27. The van der Waals surface area contributed by atoms with Crippen molar-refractivity contribution in [1.82, 2.24) is 0 Å². The first-order chi connectivity index (χ1) is 16.6. The van der Waals surface area contributed by atoms with Crippen LogP contribution < -0.4 is 10.2 Å². The monoisotopic (exact) mass is 454 g/mol. The Labute approximate surface area is 198 Å². The summed E-state index contributed by atoms with van der Waals surface area (Å²) in [6.07, 6.45) is 5.41. The van der Waals surface area contributed by atoms with Crippen molar-refractivity contribution < 1.29 is 19.1 Å². The number of imide groups is 1. The van der Waals surface area contributed by atoms with Gasteiger partial charge in [0.25, 0.3) is 11.8 Å². The Hall–Kier alpha value is -3.93. The lowest BCUT2D eigenvalue weighted by atomic mass is 9.90. The fourth-order valence-electron chi connectivity index (χ4n) is 4.96. The standard InChI is InChI=1S/C28H26N2O4/c1-34-28(33)22-17-21(18-11-5-2-6-12-18)25(29-19-13-7-3-8-14-19)24-23(22)26(31)30(27(24)32)20-15-9-4-10-16-20/h2,4-6,9-12,15-17,19,29H,3,7-8,13-14H2,1H3. The SMILES string of the molecule is COC(=O)c1cc(-c2ccccc2)c(NC2CCCCC2)c2c1C(=O)N(c1ccccc1)C2=O. The van der Waals surface area contributed by atoms with Crippen LogP contribution in [0.5, 0.6) is 0 Å². The van der Waals surface area contributed by atoms with Crippen LogP contribution in [0.4, 0.5) is 11.4 Å². The number of hydrogen-bond acceptors (Lipinski definition) is 5. The van der Waals surface area contributed by atoms with Crippen LogP contribution in [0.2, 0.25) is 0 Å². The number of benzene rings is 3. The van der Waals surface area contributed by atoms with Gasteiger partial charge in [-0.15, -0.1) is 0 Å². The molecular weight excluding hydrogens is 428 g/mol. The van der Waals surface area contributed by atoms with E-state index >= 15 is 0 Å². The average molecular weight is 455 g/mol. The van der Waals surface area contributed by atoms with Gasteiger partial charge in [-0.1, -0.05) is 67.8 Å². The van der Waals surface area contributed by atoms with Gasteiger partial charge in [0, 0.05) is 11.6 Å². The van der Waals surface area contributed by atoms with E-state index in [1.54, 1.807) is 30.3 Å². The maximum absolute atomic E-state index is 13.8. The van der Waals surface area contributed by atoms with Crippen LogP contribution in [0.3, 0.4) is 0 Å². The quantitative estimate of drug-likeness (QED) is 0.396. The van der Waals surface area contributed by atoms with E-state index < -0.39 is 17.8 Å². The third kappa shape index (κ3) is 3.75. The third-order valence-corrected chi connectivity index (χ3v) is 6.62. The zero-order valence-electron chi connectivity index (χ0n) is 19.0. The van der Waals surface area contributed by atoms with E-state index in [1.165, 1.54) is 13.5 Å². The van der Waals surface area contributed by atoms with Gasteiger partial charge in [-0.05, 0) is 36.6 Å². The zero-order valence-corrected chi connectivity index (χ0v) is 19.0. The highest BCUT2D eigenvalue weighted by atomic mass is 16.5. The summed E-state index contributed by atoms with van der Waals surface area (Å²) in [5, 5.41) is 3.60. The summed E-state index contributed by atoms with van der Waals surface area (Å²) < 4.78 is 5.03. The molecule has 5 rings (SSSR count). The number of anilines is 2. The van der Waals surface area contributed by atoms with Crippen molar-refractivity contribution in [3.8, 4) is 11.1 Å². The van der Waals surface area contributed by atoms with Crippen molar-refractivity contribution in [3.63, 3.8) is 0 Å². The molecule has 172 valence electrons. The lowest BCUT2D eigenvalue weighted by molar-refractivity contribution is 0.0597. The molecule has 34 heavy (non-hydrogen) atoms. The molecule has 3 aromatic carbocycles. The molecule has 0 saturated heterocycles. The van der Waals surface area contributed by atoms with Crippen molar-refractivity contribution >= 4 is 29.2 Å². The number of ether oxygens (including phenoxy) is 1. The maximum atomic E-state index is 13.8. The molecule has 0 atom stereocenters. The molecule has 0 aromatic heterocycles. The molecule has 0 radical (unpaired) electrons. The summed E-state index contributed by atoms with van der Waals surface area (Å²) in [7, 11) is 1.28. The van der Waals surface area contributed by atoms with Gasteiger partial charge in [-0.25, -0.2) is 9.69 Å². The Morgan fingerprint density at radius 3 is 2.15 bits per heavy atom. The predicted molar refractivity (Wildman–Crippen MR) is 131 cm³/mol. The number of amides is 2. The number of methoxy groups -OCH3 is 1. The van der Waals surface area contributed by atoms with E-state index in [2.05, 4.69) is 5.32 Å². The highest BCUT2D eigenvalue weighted by molar-refractivity contribution is 6.38. The van der Waals surface area contributed by atoms with Crippen LogP contribution in [0.25, 0.3) is 11.1 Å². The lowest BCUT2D eigenvalue weighted by Crippen LogP contribution is -2.30. The number of esters is 1. The predicted octanol–water partition coefficient (Wildman–Crippen LogP) is 5.69. The Kier molecular flexibility index (Phi) is 5.88. The minimum absolute atomic E-state index is 0.0960. The Balaban J connectivity index is 1.76. The first-order valence-corrected chi connectivity index (χ1v) is 11.6. The smallest absolute Gasteiger partial charge is 0.338 e. The number of carbonyl (C=O) groups excluding carboxylic acids is 3. The molecule has 3 aromatic rings. The molecule has 6 heteroatoms.